The first kappa shape index (κ1) is 16.8. The van der Waals surface area contributed by atoms with Crippen LogP contribution in [0, 0.1) is 22.7 Å². The molecule has 1 aromatic heterocycles. The van der Waals surface area contributed by atoms with Gasteiger partial charge in [-0.15, -0.1) is 0 Å². The Kier molecular flexibility index (Phi) is 3.99. The lowest BCUT2D eigenvalue weighted by molar-refractivity contribution is -0.208. The minimum absolute atomic E-state index is 0.0112. The van der Waals surface area contributed by atoms with Gasteiger partial charge in [-0.25, -0.2) is 0 Å². The van der Waals surface area contributed by atoms with Crippen molar-refractivity contribution in [2.45, 2.75) is 71.8 Å². The minimum Gasteiger partial charge on any atom is -0.472 e. The smallest absolute Gasteiger partial charge is 0.137 e. The monoisotopic (exact) mass is 318 g/mol. The van der Waals surface area contributed by atoms with E-state index in [0.717, 1.165) is 31.2 Å². The fourth-order valence-corrected chi connectivity index (χ4v) is 5.77. The molecule has 3 rings (SSSR count). The van der Waals surface area contributed by atoms with Crippen LogP contribution in [0.25, 0.3) is 0 Å². The standard InChI is InChI=1S/C20H30O3/c1-14-12-16(21)17-18(2,3)8-5-9-19(17,4)20(14,22)10-6-15-7-11-23-13-15/h7,11,13-14,17,22H,5-6,8-10,12H2,1-4H3/t14-,17+,19-,20+/m0/s1. The fraction of sp³-hybridized carbons (Fsp3) is 0.750. The average Bonchev–Trinajstić information content (AvgIpc) is 2.95. The quantitative estimate of drug-likeness (QED) is 0.899. The lowest BCUT2D eigenvalue weighted by atomic mass is 9.44. The van der Waals surface area contributed by atoms with Gasteiger partial charge < -0.3 is 9.52 Å². The average molecular weight is 318 g/mol. The van der Waals surface area contributed by atoms with Crippen molar-refractivity contribution in [1.82, 2.24) is 0 Å². The Labute approximate surface area is 139 Å². The Morgan fingerprint density at radius 3 is 2.70 bits per heavy atom. The van der Waals surface area contributed by atoms with Gasteiger partial charge in [0.15, 0.2) is 0 Å². The Morgan fingerprint density at radius 1 is 1.30 bits per heavy atom. The zero-order chi connectivity index (χ0) is 16.9. The van der Waals surface area contributed by atoms with Crippen molar-refractivity contribution < 1.29 is 14.3 Å². The third-order valence-electron chi connectivity index (χ3n) is 6.94. The van der Waals surface area contributed by atoms with Gasteiger partial charge in [0.2, 0.25) is 0 Å². The molecule has 1 N–H and O–H groups in total. The lowest BCUT2D eigenvalue weighted by Gasteiger charge is -2.62. The molecule has 1 aromatic rings. The van der Waals surface area contributed by atoms with Crippen molar-refractivity contribution in [3.63, 3.8) is 0 Å². The molecule has 4 atom stereocenters. The van der Waals surface area contributed by atoms with Crippen LogP contribution in [0.4, 0.5) is 0 Å². The number of carbonyl (C=O) groups excluding carboxylic acids is 1. The van der Waals surface area contributed by atoms with E-state index in [2.05, 4.69) is 27.7 Å². The molecule has 2 fully saturated rings. The number of aliphatic hydroxyl groups is 1. The maximum absolute atomic E-state index is 12.9. The Balaban J connectivity index is 1.95. The fourth-order valence-electron chi connectivity index (χ4n) is 5.77. The van der Waals surface area contributed by atoms with Gasteiger partial charge in [-0.3, -0.25) is 4.79 Å². The predicted molar refractivity (Wildman–Crippen MR) is 90.0 cm³/mol. The molecule has 3 heteroatoms. The summed E-state index contributed by atoms with van der Waals surface area (Å²) in [4.78, 5) is 12.9. The van der Waals surface area contributed by atoms with Crippen LogP contribution < -0.4 is 0 Å². The first-order valence-corrected chi connectivity index (χ1v) is 8.97. The van der Waals surface area contributed by atoms with Crippen LogP contribution in [-0.4, -0.2) is 16.5 Å². The molecule has 0 bridgehead atoms. The lowest BCUT2D eigenvalue weighted by Crippen LogP contribution is -2.65. The second kappa shape index (κ2) is 5.47. The topological polar surface area (TPSA) is 50.4 Å². The van der Waals surface area contributed by atoms with E-state index < -0.39 is 5.60 Å². The van der Waals surface area contributed by atoms with Crippen LogP contribution in [0.15, 0.2) is 23.0 Å². The molecule has 0 radical (unpaired) electrons. The van der Waals surface area contributed by atoms with Gasteiger partial charge in [0, 0.05) is 17.8 Å². The maximum atomic E-state index is 12.9. The van der Waals surface area contributed by atoms with Gasteiger partial charge in [0.1, 0.15) is 5.78 Å². The molecule has 0 amide bonds. The molecule has 3 nitrogen and oxygen atoms in total. The van der Waals surface area contributed by atoms with Crippen LogP contribution in [0.2, 0.25) is 0 Å². The normalized spacial score (nSPS) is 40.0. The number of ketones is 1. The zero-order valence-electron chi connectivity index (χ0n) is 14.9. The first-order valence-electron chi connectivity index (χ1n) is 8.97. The third-order valence-corrected chi connectivity index (χ3v) is 6.94. The van der Waals surface area contributed by atoms with E-state index >= 15 is 0 Å². The number of fused-ring (bicyclic) bond motifs is 1. The van der Waals surface area contributed by atoms with Crippen molar-refractivity contribution in [3.05, 3.63) is 24.2 Å². The van der Waals surface area contributed by atoms with Crippen LogP contribution in [0.3, 0.4) is 0 Å². The van der Waals surface area contributed by atoms with Crippen molar-refractivity contribution in [3.8, 4) is 0 Å². The van der Waals surface area contributed by atoms with E-state index in [4.69, 9.17) is 4.42 Å². The number of hydrogen-bond acceptors (Lipinski definition) is 3. The molecule has 1 heterocycles. The Morgan fingerprint density at radius 2 is 2.04 bits per heavy atom. The summed E-state index contributed by atoms with van der Waals surface area (Å²) in [6.45, 7) is 8.64. The second-order valence-electron chi connectivity index (χ2n) is 8.82. The van der Waals surface area contributed by atoms with Crippen LogP contribution in [0.5, 0.6) is 0 Å². The molecule has 2 aliphatic carbocycles. The Hall–Kier alpha value is -1.09. The van der Waals surface area contributed by atoms with Gasteiger partial charge >= 0.3 is 0 Å². The highest BCUT2D eigenvalue weighted by atomic mass is 16.3. The van der Waals surface area contributed by atoms with Crippen molar-refractivity contribution >= 4 is 5.78 Å². The van der Waals surface area contributed by atoms with Gasteiger partial charge in [0.05, 0.1) is 18.1 Å². The Bertz CT molecular complexity index is 574. The molecule has 0 aromatic carbocycles. The van der Waals surface area contributed by atoms with E-state index in [0.29, 0.717) is 18.6 Å². The highest BCUT2D eigenvalue weighted by Gasteiger charge is 2.63. The first-order chi connectivity index (χ1) is 10.7. The molecule has 2 aliphatic rings. The van der Waals surface area contributed by atoms with E-state index in [1.807, 2.05) is 6.07 Å². The SMILES string of the molecule is C[C@H]1CC(=O)[C@@H]2C(C)(C)CCC[C@]2(C)[C@@]1(O)CCc1ccoc1. The molecule has 0 aliphatic heterocycles. The van der Waals surface area contributed by atoms with Gasteiger partial charge in [-0.1, -0.05) is 34.1 Å². The second-order valence-corrected chi connectivity index (χ2v) is 8.82. The highest BCUT2D eigenvalue weighted by molar-refractivity contribution is 5.84. The molecule has 0 saturated heterocycles. The number of Topliss-reactive ketones (excluding diaryl/α,β-unsaturated/α-hetero) is 1. The van der Waals surface area contributed by atoms with Gasteiger partial charge in [0.25, 0.3) is 0 Å². The van der Waals surface area contributed by atoms with E-state index in [1.165, 1.54) is 0 Å². The molecule has 0 spiro atoms. The summed E-state index contributed by atoms with van der Waals surface area (Å²) in [7, 11) is 0. The highest BCUT2D eigenvalue weighted by Crippen LogP contribution is 2.62. The largest absolute Gasteiger partial charge is 0.472 e. The summed E-state index contributed by atoms with van der Waals surface area (Å²) < 4.78 is 5.16. The number of rotatable bonds is 3. The van der Waals surface area contributed by atoms with Crippen molar-refractivity contribution in [1.29, 1.82) is 0 Å². The van der Waals surface area contributed by atoms with Crippen LogP contribution in [0.1, 0.15) is 65.4 Å². The van der Waals surface area contributed by atoms with Gasteiger partial charge in [-0.05, 0) is 48.6 Å². The zero-order valence-corrected chi connectivity index (χ0v) is 14.9. The number of aryl methyl sites for hydroxylation is 1. The number of hydrogen-bond donors (Lipinski definition) is 1. The number of furan rings is 1. The molecule has 2 saturated carbocycles. The third kappa shape index (κ3) is 2.48. The molecule has 128 valence electrons. The minimum atomic E-state index is -0.791. The van der Waals surface area contributed by atoms with Crippen molar-refractivity contribution in [2.75, 3.05) is 0 Å². The summed E-state index contributed by atoms with van der Waals surface area (Å²) >= 11 is 0. The number of carbonyl (C=O) groups is 1. The van der Waals surface area contributed by atoms with E-state index in [-0.39, 0.29) is 22.7 Å². The molecular formula is C20H30O3. The van der Waals surface area contributed by atoms with Gasteiger partial charge in [-0.2, -0.15) is 0 Å². The predicted octanol–water partition coefficient (Wildman–Crippen LogP) is 4.38. The maximum Gasteiger partial charge on any atom is 0.137 e. The van der Waals surface area contributed by atoms with E-state index in [1.54, 1.807) is 12.5 Å². The summed E-state index contributed by atoms with van der Waals surface area (Å²) in [5.41, 5.74) is -0.0144. The van der Waals surface area contributed by atoms with E-state index in [9.17, 15) is 9.90 Å². The summed E-state index contributed by atoms with van der Waals surface area (Å²) in [6, 6.07) is 1.96. The summed E-state index contributed by atoms with van der Waals surface area (Å²) in [6.07, 6.45) is 8.55. The molecule has 23 heavy (non-hydrogen) atoms. The van der Waals surface area contributed by atoms with Crippen LogP contribution >= 0.6 is 0 Å². The van der Waals surface area contributed by atoms with Crippen LogP contribution in [-0.2, 0) is 11.2 Å². The molecular weight excluding hydrogens is 288 g/mol. The van der Waals surface area contributed by atoms with Crippen molar-refractivity contribution in [2.24, 2.45) is 22.7 Å². The summed E-state index contributed by atoms with van der Waals surface area (Å²) in [5.74, 6) is 0.337. The summed E-state index contributed by atoms with van der Waals surface area (Å²) in [5, 5.41) is 11.8. The molecule has 0 unspecified atom stereocenters.